The first-order chi connectivity index (χ1) is 18.0. The number of piperidine rings is 1. The van der Waals surface area contributed by atoms with E-state index in [2.05, 4.69) is 32.6 Å². The average Bonchev–Trinajstić information content (AvgIpc) is 3.52. The number of halogens is 1. The molecule has 0 bridgehead atoms. The summed E-state index contributed by atoms with van der Waals surface area (Å²) in [6.07, 6.45) is 4.08. The topological polar surface area (TPSA) is 98.6 Å². The normalized spacial score (nSPS) is 15.7. The smallest absolute Gasteiger partial charge is 0.124 e. The number of hydrogen-bond donors (Lipinski definition) is 4. The molecule has 190 valence electrons. The summed E-state index contributed by atoms with van der Waals surface area (Å²) < 4.78 is 14.7. The van der Waals surface area contributed by atoms with Crippen molar-refractivity contribution >= 4 is 21.8 Å². The molecule has 0 radical (unpaired) electrons. The highest BCUT2D eigenvalue weighted by Crippen LogP contribution is 2.36. The maximum atomic E-state index is 14.7. The van der Waals surface area contributed by atoms with Crippen molar-refractivity contribution in [3.05, 3.63) is 71.8 Å². The van der Waals surface area contributed by atoms with Crippen molar-refractivity contribution in [1.29, 1.82) is 0 Å². The zero-order chi connectivity index (χ0) is 25.5. The van der Waals surface area contributed by atoms with E-state index in [9.17, 15) is 4.39 Å². The van der Waals surface area contributed by atoms with Crippen molar-refractivity contribution in [2.75, 3.05) is 33.7 Å². The standard InChI is InChI=1S/C29H32FN7/c1-37(2)16-24(31)19-10-18(11-20(30)12-19)21-4-3-5-25-22(21)13-27(34-25)29-23-14-26(17-6-8-32-9-7-17)33-15-28(23)35-36-29/h3-5,10-15,17,24,32,34H,6-9,16,31H2,1-2H3,(H,35,36). The molecule has 8 heteroatoms. The number of benzene rings is 2. The second-order valence-corrected chi connectivity index (χ2v) is 10.3. The third kappa shape index (κ3) is 4.64. The molecule has 1 saturated heterocycles. The molecular weight excluding hydrogens is 465 g/mol. The summed E-state index contributed by atoms with van der Waals surface area (Å²) in [6, 6.07) is 15.2. The molecule has 2 aromatic carbocycles. The number of rotatable bonds is 6. The summed E-state index contributed by atoms with van der Waals surface area (Å²) in [6.45, 7) is 2.69. The Balaban J connectivity index is 1.41. The van der Waals surface area contributed by atoms with Crippen LogP contribution in [0.2, 0.25) is 0 Å². The first-order valence-corrected chi connectivity index (χ1v) is 12.8. The molecule has 6 rings (SSSR count). The molecule has 7 nitrogen and oxygen atoms in total. The highest BCUT2D eigenvalue weighted by molar-refractivity contribution is 6.01. The number of fused-ring (bicyclic) bond motifs is 2. The Labute approximate surface area is 215 Å². The lowest BCUT2D eigenvalue weighted by Gasteiger charge is -2.22. The van der Waals surface area contributed by atoms with E-state index in [1.807, 2.05) is 49.5 Å². The molecular formula is C29H32FN7. The molecule has 1 unspecified atom stereocenters. The van der Waals surface area contributed by atoms with Crippen LogP contribution in [0.15, 0.2) is 54.7 Å². The van der Waals surface area contributed by atoms with Gasteiger partial charge in [0.1, 0.15) is 11.5 Å². The van der Waals surface area contributed by atoms with Crippen LogP contribution in [0.4, 0.5) is 4.39 Å². The monoisotopic (exact) mass is 497 g/mol. The van der Waals surface area contributed by atoms with Gasteiger partial charge in [0.05, 0.1) is 17.4 Å². The van der Waals surface area contributed by atoms with Crippen LogP contribution in [-0.2, 0) is 0 Å². The van der Waals surface area contributed by atoms with Crippen molar-refractivity contribution in [1.82, 2.24) is 30.4 Å². The molecule has 0 saturated carbocycles. The van der Waals surface area contributed by atoms with Crippen LogP contribution in [-0.4, -0.2) is 58.8 Å². The third-order valence-corrected chi connectivity index (χ3v) is 7.37. The summed E-state index contributed by atoms with van der Waals surface area (Å²) in [5, 5.41) is 13.3. The minimum absolute atomic E-state index is 0.274. The highest BCUT2D eigenvalue weighted by Gasteiger charge is 2.20. The molecule has 1 atom stereocenters. The van der Waals surface area contributed by atoms with E-state index in [1.54, 1.807) is 6.07 Å². The fourth-order valence-electron chi connectivity index (χ4n) is 5.49. The van der Waals surface area contributed by atoms with Gasteiger partial charge < -0.3 is 20.9 Å². The number of aromatic nitrogens is 4. The van der Waals surface area contributed by atoms with Crippen molar-refractivity contribution in [3.8, 4) is 22.5 Å². The van der Waals surface area contributed by atoms with Gasteiger partial charge in [-0.1, -0.05) is 12.1 Å². The van der Waals surface area contributed by atoms with E-state index < -0.39 is 0 Å². The van der Waals surface area contributed by atoms with Crippen molar-refractivity contribution < 1.29 is 4.39 Å². The predicted octanol–water partition coefficient (Wildman–Crippen LogP) is 4.94. The average molecular weight is 498 g/mol. The minimum Gasteiger partial charge on any atom is -0.353 e. The Morgan fingerprint density at radius 3 is 2.70 bits per heavy atom. The maximum Gasteiger partial charge on any atom is 0.124 e. The van der Waals surface area contributed by atoms with E-state index >= 15 is 0 Å². The van der Waals surface area contributed by atoms with Gasteiger partial charge in [-0.15, -0.1) is 0 Å². The van der Waals surface area contributed by atoms with Gasteiger partial charge >= 0.3 is 0 Å². The minimum atomic E-state index is -0.286. The van der Waals surface area contributed by atoms with Gasteiger partial charge in [0.25, 0.3) is 0 Å². The number of aromatic amines is 2. The second kappa shape index (κ2) is 9.70. The Morgan fingerprint density at radius 1 is 1.05 bits per heavy atom. The molecule has 1 aliphatic heterocycles. The third-order valence-electron chi connectivity index (χ3n) is 7.37. The van der Waals surface area contributed by atoms with E-state index in [4.69, 9.17) is 10.7 Å². The number of hydrogen-bond acceptors (Lipinski definition) is 5. The largest absolute Gasteiger partial charge is 0.353 e. The zero-order valence-corrected chi connectivity index (χ0v) is 21.2. The lowest BCUT2D eigenvalue weighted by Crippen LogP contribution is -2.27. The second-order valence-electron chi connectivity index (χ2n) is 10.3. The quantitative estimate of drug-likeness (QED) is 0.266. The Hall–Kier alpha value is -3.59. The maximum absolute atomic E-state index is 14.7. The number of likely N-dealkylation sites (N-methyl/N-ethyl adjacent to an activating group) is 1. The first kappa shape index (κ1) is 23.8. The Morgan fingerprint density at radius 2 is 1.89 bits per heavy atom. The Bertz CT molecular complexity index is 1560. The highest BCUT2D eigenvalue weighted by atomic mass is 19.1. The summed E-state index contributed by atoms with van der Waals surface area (Å²) in [5.41, 5.74) is 13.7. The number of nitrogens with two attached hydrogens (primary N) is 1. The molecule has 1 aliphatic rings. The van der Waals surface area contributed by atoms with Crippen LogP contribution < -0.4 is 11.1 Å². The molecule has 3 aromatic heterocycles. The lowest BCUT2D eigenvalue weighted by molar-refractivity contribution is 0.376. The lowest BCUT2D eigenvalue weighted by atomic mass is 9.93. The van der Waals surface area contributed by atoms with Crippen LogP contribution in [0.1, 0.15) is 36.1 Å². The SMILES string of the molecule is CN(C)CC(N)c1cc(F)cc(-c2cccc3[nH]c(-c4n[nH]c5cnc(C6CCNCC6)cc45)cc23)c1. The van der Waals surface area contributed by atoms with Gasteiger partial charge in [0, 0.05) is 40.5 Å². The first-order valence-electron chi connectivity index (χ1n) is 12.8. The molecule has 0 aliphatic carbocycles. The van der Waals surface area contributed by atoms with E-state index in [1.165, 1.54) is 6.07 Å². The number of nitrogens with one attached hydrogen (secondary N) is 3. The summed E-state index contributed by atoms with van der Waals surface area (Å²) >= 11 is 0. The fourth-order valence-corrected chi connectivity index (χ4v) is 5.49. The van der Waals surface area contributed by atoms with Gasteiger partial charge in [-0.25, -0.2) is 4.39 Å². The molecule has 5 aromatic rings. The van der Waals surface area contributed by atoms with Crippen LogP contribution in [0, 0.1) is 5.82 Å². The van der Waals surface area contributed by atoms with Gasteiger partial charge in [0.15, 0.2) is 0 Å². The van der Waals surface area contributed by atoms with Crippen LogP contribution in [0.5, 0.6) is 0 Å². The van der Waals surface area contributed by atoms with Crippen LogP contribution >= 0.6 is 0 Å². The van der Waals surface area contributed by atoms with E-state index in [-0.39, 0.29) is 11.9 Å². The zero-order valence-electron chi connectivity index (χ0n) is 21.2. The van der Waals surface area contributed by atoms with Gasteiger partial charge in [-0.2, -0.15) is 5.10 Å². The van der Waals surface area contributed by atoms with Crippen molar-refractivity contribution in [2.24, 2.45) is 5.73 Å². The molecule has 4 heterocycles. The van der Waals surface area contributed by atoms with E-state index in [0.717, 1.165) is 81.5 Å². The van der Waals surface area contributed by atoms with Gasteiger partial charge in [-0.05, 0) is 93.1 Å². The van der Waals surface area contributed by atoms with E-state index in [0.29, 0.717) is 12.5 Å². The number of pyridine rings is 1. The Kier molecular flexibility index (Phi) is 6.24. The van der Waals surface area contributed by atoms with Gasteiger partial charge in [-0.3, -0.25) is 10.1 Å². The summed E-state index contributed by atoms with van der Waals surface area (Å²) in [7, 11) is 3.93. The molecule has 0 spiro atoms. The van der Waals surface area contributed by atoms with Crippen LogP contribution in [0.25, 0.3) is 44.3 Å². The molecule has 37 heavy (non-hydrogen) atoms. The summed E-state index contributed by atoms with van der Waals surface area (Å²) in [4.78, 5) is 10.3. The molecule has 0 amide bonds. The fraction of sp³-hybridized carbons (Fsp3) is 0.310. The predicted molar refractivity (Wildman–Crippen MR) is 147 cm³/mol. The van der Waals surface area contributed by atoms with Crippen molar-refractivity contribution in [3.63, 3.8) is 0 Å². The number of H-pyrrole nitrogens is 2. The van der Waals surface area contributed by atoms with Crippen LogP contribution in [0.3, 0.4) is 0 Å². The van der Waals surface area contributed by atoms with Gasteiger partial charge in [0.2, 0.25) is 0 Å². The molecule has 5 N–H and O–H groups in total. The van der Waals surface area contributed by atoms with Crippen molar-refractivity contribution in [2.45, 2.75) is 24.8 Å². The number of nitrogens with zero attached hydrogens (tertiary/aromatic N) is 3. The summed E-state index contributed by atoms with van der Waals surface area (Å²) in [5.74, 6) is 0.175. The molecule has 1 fully saturated rings.